The third-order valence-corrected chi connectivity index (χ3v) is 1.83. The summed E-state index contributed by atoms with van der Waals surface area (Å²) < 4.78 is 0. The van der Waals surface area contributed by atoms with Crippen LogP contribution in [0.5, 0.6) is 0 Å². The molecule has 9 heavy (non-hydrogen) atoms. The third kappa shape index (κ3) is 1.59. The monoisotopic (exact) mass is 147 g/mol. The van der Waals surface area contributed by atoms with Gasteiger partial charge in [0.2, 0.25) is 0 Å². The van der Waals surface area contributed by atoms with Gasteiger partial charge in [-0.15, -0.1) is 0 Å². The summed E-state index contributed by atoms with van der Waals surface area (Å²) in [5.41, 5.74) is 0. The molecule has 0 amide bonds. The lowest BCUT2D eigenvalue weighted by atomic mass is 10.2. The molecule has 2 unspecified atom stereocenters. The molecule has 2 atom stereocenters. The average molecular weight is 147 g/mol. The van der Waals surface area contributed by atoms with Crippen molar-refractivity contribution in [2.45, 2.75) is 24.3 Å². The van der Waals surface area contributed by atoms with Crippen molar-refractivity contribution in [3.63, 3.8) is 0 Å². The lowest BCUT2D eigenvalue weighted by Gasteiger charge is -2.03. The number of carboxylic acids is 1. The fraction of sp³-hybridized carbons (Fsp3) is 0.800. The molecule has 0 radical (unpaired) electrons. The van der Waals surface area contributed by atoms with Gasteiger partial charge in [-0.2, -0.15) is 12.6 Å². The van der Waals surface area contributed by atoms with E-state index in [4.69, 9.17) is 5.11 Å². The van der Waals surface area contributed by atoms with Crippen molar-refractivity contribution in [1.29, 1.82) is 0 Å². The zero-order valence-corrected chi connectivity index (χ0v) is 5.77. The van der Waals surface area contributed by atoms with Gasteiger partial charge in [0.15, 0.2) is 0 Å². The predicted molar refractivity (Wildman–Crippen MR) is 36.6 cm³/mol. The molecular formula is C5H9NO2S. The predicted octanol–water partition coefficient (Wildman–Crippen LogP) is 0.0789. The van der Waals surface area contributed by atoms with Gasteiger partial charge in [-0.3, -0.25) is 10.1 Å². The smallest absolute Gasteiger partial charge is 0.320 e. The fourth-order valence-corrected chi connectivity index (χ4v) is 1.25. The summed E-state index contributed by atoms with van der Waals surface area (Å²) in [6.45, 7) is 0. The lowest BCUT2D eigenvalue weighted by Crippen LogP contribution is -2.32. The largest absolute Gasteiger partial charge is 0.480 e. The molecule has 3 nitrogen and oxygen atoms in total. The van der Waals surface area contributed by atoms with Gasteiger partial charge in [0.1, 0.15) is 6.04 Å². The highest BCUT2D eigenvalue weighted by Gasteiger charge is 2.25. The maximum absolute atomic E-state index is 10.3. The Balaban J connectivity index is 2.39. The second kappa shape index (κ2) is 2.58. The summed E-state index contributed by atoms with van der Waals surface area (Å²) in [6.07, 6.45) is 1.55. The van der Waals surface area contributed by atoms with Crippen molar-refractivity contribution in [1.82, 2.24) is 5.32 Å². The first-order valence-corrected chi connectivity index (χ1v) is 3.38. The minimum absolute atomic E-state index is 0.0751. The number of hydrogen-bond acceptors (Lipinski definition) is 3. The van der Waals surface area contributed by atoms with E-state index in [1.807, 2.05) is 0 Å². The molecule has 1 aliphatic heterocycles. The van der Waals surface area contributed by atoms with Crippen LogP contribution < -0.4 is 5.32 Å². The van der Waals surface area contributed by atoms with Crippen LogP contribution in [0.4, 0.5) is 0 Å². The summed E-state index contributed by atoms with van der Waals surface area (Å²) in [4.78, 5) is 10.3. The second-order valence-electron chi connectivity index (χ2n) is 2.15. The Morgan fingerprint density at radius 3 is 2.56 bits per heavy atom. The van der Waals surface area contributed by atoms with Crippen molar-refractivity contribution >= 4 is 18.6 Å². The molecule has 0 aromatic rings. The van der Waals surface area contributed by atoms with Gasteiger partial charge in [-0.05, 0) is 12.8 Å². The maximum atomic E-state index is 10.3. The van der Waals surface area contributed by atoms with E-state index in [0.717, 1.165) is 6.42 Å². The molecule has 0 saturated carbocycles. The quantitative estimate of drug-likeness (QED) is 0.460. The zero-order valence-electron chi connectivity index (χ0n) is 4.87. The first-order chi connectivity index (χ1) is 4.20. The lowest BCUT2D eigenvalue weighted by molar-refractivity contribution is -0.139. The van der Waals surface area contributed by atoms with Crippen LogP contribution >= 0.6 is 12.6 Å². The number of nitrogens with one attached hydrogen (secondary N) is 1. The van der Waals surface area contributed by atoms with Gasteiger partial charge in [0.05, 0.1) is 5.37 Å². The van der Waals surface area contributed by atoms with Gasteiger partial charge >= 0.3 is 5.97 Å². The second-order valence-corrected chi connectivity index (χ2v) is 2.77. The van der Waals surface area contributed by atoms with Gasteiger partial charge < -0.3 is 5.11 Å². The van der Waals surface area contributed by atoms with Gasteiger partial charge in [0.25, 0.3) is 0 Å². The summed E-state index contributed by atoms with van der Waals surface area (Å²) >= 11 is 4.07. The number of rotatable bonds is 1. The van der Waals surface area contributed by atoms with E-state index in [2.05, 4.69) is 17.9 Å². The minimum Gasteiger partial charge on any atom is -0.480 e. The van der Waals surface area contributed by atoms with Gasteiger partial charge in [0, 0.05) is 0 Å². The fourth-order valence-electron chi connectivity index (χ4n) is 0.918. The molecule has 1 aliphatic rings. The average Bonchev–Trinajstić information content (AvgIpc) is 2.14. The number of carboxylic acid groups (broad SMARTS) is 1. The highest BCUT2D eigenvalue weighted by Crippen LogP contribution is 2.14. The minimum atomic E-state index is -0.772. The van der Waals surface area contributed by atoms with Crippen molar-refractivity contribution in [2.24, 2.45) is 0 Å². The highest BCUT2D eigenvalue weighted by atomic mass is 32.1. The summed E-state index contributed by atoms with van der Waals surface area (Å²) in [5.74, 6) is -0.772. The van der Waals surface area contributed by atoms with E-state index in [1.54, 1.807) is 0 Å². The summed E-state index contributed by atoms with van der Waals surface area (Å²) in [6, 6.07) is -0.368. The van der Waals surface area contributed by atoms with Crippen molar-refractivity contribution in [3.05, 3.63) is 0 Å². The van der Waals surface area contributed by atoms with E-state index in [1.165, 1.54) is 0 Å². The Labute approximate surface area is 58.9 Å². The summed E-state index contributed by atoms with van der Waals surface area (Å²) in [5, 5.41) is 11.3. The number of carbonyl (C=O) groups is 1. The van der Waals surface area contributed by atoms with E-state index in [-0.39, 0.29) is 11.4 Å². The Bertz CT molecular complexity index is 128. The van der Waals surface area contributed by atoms with Crippen LogP contribution in [0.25, 0.3) is 0 Å². The van der Waals surface area contributed by atoms with E-state index in [9.17, 15) is 4.79 Å². The normalized spacial score (nSPS) is 34.8. The van der Waals surface area contributed by atoms with Crippen LogP contribution in [0.15, 0.2) is 0 Å². The molecule has 0 aliphatic carbocycles. The number of thiol groups is 1. The van der Waals surface area contributed by atoms with E-state index < -0.39 is 5.97 Å². The molecule has 1 heterocycles. The van der Waals surface area contributed by atoms with Crippen molar-refractivity contribution < 1.29 is 9.90 Å². The van der Waals surface area contributed by atoms with E-state index >= 15 is 0 Å². The number of hydrogen-bond donors (Lipinski definition) is 3. The Morgan fingerprint density at radius 2 is 2.33 bits per heavy atom. The Hall–Kier alpha value is -0.220. The molecule has 1 saturated heterocycles. The van der Waals surface area contributed by atoms with Crippen LogP contribution in [-0.4, -0.2) is 22.5 Å². The molecule has 0 spiro atoms. The SMILES string of the molecule is O=C(O)C1CCC(S)N1. The van der Waals surface area contributed by atoms with Crippen LogP contribution in [0.3, 0.4) is 0 Å². The highest BCUT2D eigenvalue weighted by molar-refractivity contribution is 7.80. The van der Waals surface area contributed by atoms with Crippen molar-refractivity contribution in [3.8, 4) is 0 Å². The first kappa shape index (κ1) is 6.89. The molecule has 0 aromatic carbocycles. The number of aliphatic carboxylic acids is 1. The summed E-state index contributed by atoms with van der Waals surface area (Å²) in [7, 11) is 0. The zero-order chi connectivity index (χ0) is 6.85. The maximum Gasteiger partial charge on any atom is 0.320 e. The molecular weight excluding hydrogens is 138 g/mol. The van der Waals surface area contributed by atoms with Crippen LogP contribution in [-0.2, 0) is 4.79 Å². The Kier molecular flexibility index (Phi) is 1.97. The molecule has 1 fully saturated rings. The van der Waals surface area contributed by atoms with Gasteiger partial charge in [-0.1, -0.05) is 0 Å². The molecule has 0 bridgehead atoms. The molecule has 0 aromatic heterocycles. The van der Waals surface area contributed by atoms with Crippen LogP contribution in [0.1, 0.15) is 12.8 Å². The Morgan fingerprint density at radius 1 is 1.67 bits per heavy atom. The van der Waals surface area contributed by atoms with Crippen molar-refractivity contribution in [2.75, 3.05) is 0 Å². The topological polar surface area (TPSA) is 49.3 Å². The van der Waals surface area contributed by atoms with Crippen LogP contribution in [0, 0.1) is 0 Å². The van der Waals surface area contributed by atoms with Gasteiger partial charge in [-0.25, -0.2) is 0 Å². The van der Waals surface area contributed by atoms with Crippen LogP contribution in [0.2, 0.25) is 0 Å². The molecule has 1 rings (SSSR count). The standard InChI is InChI=1S/C5H9NO2S/c7-5(8)3-1-2-4(9)6-3/h3-4,6,9H,1-2H2,(H,7,8). The first-order valence-electron chi connectivity index (χ1n) is 2.87. The molecule has 2 N–H and O–H groups in total. The molecule has 4 heteroatoms. The van der Waals surface area contributed by atoms with E-state index in [0.29, 0.717) is 6.42 Å². The third-order valence-electron chi connectivity index (χ3n) is 1.42. The molecule has 52 valence electrons.